The predicted octanol–water partition coefficient (Wildman–Crippen LogP) is 7.39. The van der Waals surface area contributed by atoms with Crippen LogP contribution in [0.4, 0.5) is 24.5 Å². The fourth-order valence-corrected chi connectivity index (χ4v) is 8.09. The number of likely N-dealkylation sites (N-methyl/N-ethyl adjacent to an activating group) is 1. The van der Waals surface area contributed by atoms with Crippen molar-refractivity contribution in [1.29, 1.82) is 0 Å². The van der Waals surface area contributed by atoms with Crippen LogP contribution in [0, 0.1) is 12.8 Å². The highest BCUT2D eigenvalue weighted by atomic mass is 32.2. The van der Waals surface area contributed by atoms with Crippen molar-refractivity contribution < 1.29 is 26.3 Å². The zero-order chi connectivity index (χ0) is 27.1. The standard InChI is InChI=1S/C28H31F3N2O3S2/c1-19-13-26(37-17-19)22-14-27-23(15-25(22)36-18-28(29,30)31)33(21-11-7-4-8-12-21)16-24(32(2)38(27,34)35)20-9-5-3-6-10-20/h4,7-8,11-15,17,20,24H,3,5-6,9-10,16,18H2,1-2H3/t24-/m0/s1. The summed E-state index contributed by atoms with van der Waals surface area (Å²) in [5.41, 5.74) is 2.38. The molecule has 0 N–H and O–H groups in total. The monoisotopic (exact) mass is 564 g/mol. The van der Waals surface area contributed by atoms with E-state index in [4.69, 9.17) is 4.74 Å². The van der Waals surface area contributed by atoms with Crippen molar-refractivity contribution in [2.45, 2.75) is 56.1 Å². The third kappa shape index (κ3) is 5.44. The summed E-state index contributed by atoms with van der Waals surface area (Å²) in [6.07, 6.45) is 0.625. The highest BCUT2D eigenvalue weighted by molar-refractivity contribution is 7.89. The Morgan fingerprint density at radius 2 is 1.76 bits per heavy atom. The lowest BCUT2D eigenvalue weighted by molar-refractivity contribution is -0.153. The number of sulfonamides is 1. The highest BCUT2D eigenvalue weighted by Gasteiger charge is 2.41. The molecule has 1 saturated carbocycles. The van der Waals surface area contributed by atoms with E-state index in [9.17, 15) is 21.6 Å². The van der Waals surface area contributed by atoms with Gasteiger partial charge < -0.3 is 9.64 Å². The number of para-hydroxylation sites is 1. The number of fused-ring (bicyclic) bond motifs is 1. The molecule has 0 bridgehead atoms. The Balaban J connectivity index is 1.72. The number of nitrogens with zero attached hydrogens (tertiary/aromatic N) is 2. The number of thiophene rings is 1. The Labute approximate surface area is 225 Å². The summed E-state index contributed by atoms with van der Waals surface area (Å²) >= 11 is 1.34. The van der Waals surface area contributed by atoms with Gasteiger partial charge in [-0.3, -0.25) is 0 Å². The van der Waals surface area contributed by atoms with Crippen LogP contribution in [-0.4, -0.2) is 45.1 Å². The first-order chi connectivity index (χ1) is 18.0. The number of benzene rings is 2. The van der Waals surface area contributed by atoms with Gasteiger partial charge in [0.2, 0.25) is 10.0 Å². The van der Waals surface area contributed by atoms with Crippen LogP contribution in [0.1, 0.15) is 37.7 Å². The summed E-state index contributed by atoms with van der Waals surface area (Å²) in [5, 5.41) is 1.88. The number of hydrogen-bond acceptors (Lipinski definition) is 5. The van der Waals surface area contributed by atoms with Crippen LogP contribution in [0.15, 0.2) is 58.8 Å². The first-order valence-electron chi connectivity index (χ1n) is 12.8. The Kier molecular flexibility index (Phi) is 7.50. The van der Waals surface area contributed by atoms with Gasteiger partial charge in [-0.15, -0.1) is 11.3 Å². The number of hydrogen-bond donors (Lipinski definition) is 0. The summed E-state index contributed by atoms with van der Waals surface area (Å²) in [6.45, 7) is 0.815. The Morgan fingerprint density at radius 3 is 2.39 bits per heavy atom. The molecular weight excluding hydrogens is 533 g/mol. The lowest BCUT2D eigenvalue weighted by Gasteiger charge is -2.36. The van der Waals surface area contributed by atoms with Crippen molar-refractivity contribution in [3.05, 3.63) is 59.5 Å². The first-order valence-corrected chi connectivity index (χ1v) is 15.1. The molecule has 0 unspecified atom stereocenters. The summed E-state index contributed by atoms with van der Waals surface area (Å²) < 4.78 is 74.8. The number of aryl methyl sites for hydroxylation is 1. The molecule has 5 rings (SSSR count). The van der Waals surface area contributed by atoms with Gasteiger partial charge in [0.05, 0.1) is 5.69 Å². The molecule has 1 aliphatic heterocycles. The fourth-order valence-electron chi connectivity index (χ4n) is 5.56. The van der Waals surface area contributed by atoms with Crippen molar-refractivity contribution in [1.82, 2.24) is 4.31 Å². The van der Waals surface area contributed by atoms with Crippen molar-refractivity contribution in [2.75, 3.05) is 25.1 Å². The van der Waals surface area contributed by atoms with Crippen molar-refractivity contribution in [3.63, 3.8) is 0 Å². The molecule has 2 heterocycles. The maximum Gasteiger partial charge on any atom is 0.422 e. The number of anilines is 2. The normalized spacial score (nSPS) is 20.7. The molecule has 38 heavy (non-hydrogen) atoms. The molecule has 204 valence electrons. The molecule has 0 radical (unpaired) electrons. The largest absolute Gasteiger partial charge is 0.483 e. The molecule has 1 atom stereocenters. The second-order valence-electron chi connectivity index (χ2n) is 10.1. The minimum Gasteiger partial charge on any atom is -0.483 e. The van der Waals surface area contributed by atoms with E-state index in [1.54, 1.807) is 7.05 Å². The smallest absolute Gasteiger partial charge is 0.422 e. The molecule has 2 aliphatic rings. The van der Waals surface area contributed by atoms with Gasteiger partial charge in [-0.05, 0) is 60.9 Å². The van der Waals surface area contributed by atoms with Crippen molar-refractivity contribution in [3.8, 4) is 16.2 Å². The predicted molar refractivity (Wildman–Crippen MR) is 145 cm³/mol. The van der Waals surface area contributed by atoms with E-state index in [-0.39, 0.29) is 22.6 Å². The van der Waals surface area contributed by atoms with Crippen molar-refractivity contribution >= 4 is 32.7 Å². The van der Waals surface area contributed by atoms with E-state index in [0.717, 1.165) is 43.4 Å². The van der Waals surface area contributed by atoms with Gasteiger partial charge >= 0.3 is 6.18 Å². The number of ether oxygens (including phenoxy) is 1. The van der Waals surface area contributed by atoms with Gasteiger partial charge in [0.25, 0.3) is 0 Å². The molecular formula is C28H31F3N2O3S2. The Bertz CT molecular complexity index is 1380. The second kappa shape index (κ2) is 10.5. The summed E-state index contributed by atoms with van der Waals surface area (Å²) in [7, 11) is -2.33. The van der Waals surface area contributed by atoms with Gasteiger partial charge in [0, 0.05) is 41.8 Å². The molecule has 1 aromatic heterocycles. The van der Waals surface area contributed by atoms with Gasteiger partial charge in [-0.25, -0.2) is 8.42 Å². The van der Waals surface area contributed by atoms with E-state index in [1.165, 1.54) is 27.8 Å². The topological polar surface area (TPSA) is 49.9 Å². The van der Waals surface area contributed by atoms with Gasteiger partial charge in [-0.2, -0.15) is 17.5 Å². The van der Waals surface area contributed by atoms with Gasteiger partial charge in [0.15, 0.2) is 6.61 Å². The molecule has 10 heteroatoms. The lowest BCUT2D eigenvalue weighted by Crippen LogP contribution is -2.46. The minimum atomic E-state index is -4.53. The molecule has 1 aliphatic carbocycles. The highest BCUT2D eigenvalue weighted by Crippen LogP contribution is 2.46. The minimum absolute atomic E-state index is 0.0119. The third-order valence-electron chi connectivity index (χ3n) is 7.49. The van der Waals surface area contributed by atoms with Crippen LogP contribution < -0.4 is 9.64 Å². The van der Waals surface area contributed by atoms with E-state index in [0.29, 0.717) is 22.7 Å². The van der Waals surface area contributed by atoms with Gasteiger partial charge in [-0.1, -0.05) is 37.5 Å². The molecule has 3 aromatic rings. The lowest BCUT2D eigenvalue weighted by atomic mass is 9.83. The Hall–Kier alpha value is -2.56. The SMILES string of the molecule is Cc1csc(-c2cc3c(cc2OCC(F)(F)F)N(c2ccccc2)C[C@@H](C2CCCCC2)N(C)S3(=O)=O)c1. The molecule has 1 fully saturated rings. The zero-order valence-electron chi connectivity index (χ0n) is 21.4. The summed E-state index contributed by atoms with van der Waals surface area (Å²) in [4.78, 5) is 2.65. The van der Waals surface area contributed by atoms with Crippen LogP contribution in [0.5, 0.6) is 5.75 Å². The van der Waals surface area contributed by atoms with Crippen LogP contribution >= 0.6 is 11.3 Å². The summed E-state index contributed by atoms with van der Waals surface area (Å²) in [6, 6.07) is 13.9. The second-order valence-corrected chi connectivity index (χ2v) is 13.0. The quantitative estimate of drug-likeness (QED) is 0.324. The molecule has 0 amide bonds. The van der Waals surface area contributed by atoms with Crippen LogP contribution in [0.2, 0.25) is 0 Å². The fraction of sp³-hybridized carbons (Fsp3) is 0.429. The number of rotatable bonds is 5. The molecule has 0 spiro atoms. The Morgan fingerprint density at radius 1 is 1.05 bits per heavy atom. The van der Waals surface area contributed by atoms with E-state index in [2.05, 4.69) is 0 Å². The van der Waals surface area contributed by atoms with Crippen LogP contribution in [0.25, 0.3) is 10.4 Å². The van der Waals surface area contributed by atoms with E-state index in [1.807, 2.05) is 53.6 Å². The molecule has 0 saturated heterocycles. The third-order valence-corrected chi connectivity index (χ3v) is 10.5. The number of alkyl halides is 3. The first kappa shape index (κ1) is 27.0. The molecule has 5 nitrogen and oxygen atoms in total. The van der Waals surface area contributed by atoms with Crippen molar-refractivity contribution in [2.24, 2.45) is 5.92 Å². The summed E-state index contributed by atoms with van der Waals surface area (Å²) in [5.74, 6) is 0.210. The van der Waals surface area contributed by atoms with Crippen LogP contribution in [-0.2, 0) is 10.0 Å². The van der Waals surface area contributed by atoms with Gasteiger partial charge in [0.1, 0.15) is 10.6 Å². The maximum atomic E-state index is 14.2. The number of halogens is 3. The average Bonchev–Trinajstić information content (AvgIpc) is 3.30. The molecule has 2 aromatic carbocycles. The van der Waals surface area contributed by atoms with E-state index >= 15 is 0 Å². The zero-order valence-corrected chi connectivity index (χ0v) is 23.0. The van der Waals surface area contributed by atoms with E-state index < -0.39 is 22.8 Å². The van der Waals surface area contributed by atoms with Crippen LogP contribution in [0.3, 0.4) is 0 Å². The maximum absolute atomic E-state index is 14.2. The average molecular weight is 565 g/mol.